The van der Waals surface area contributed by atoms with Gasteiger partial charge in [0.2, 0.25) is 0 Å². The molecule has 2 rings (SSSR count). The average Bonchev–Trinajstić information content (AvgIpc) is 2.41. The van der Waals surface area contributed by atoms with Gasteiger partial charge in [-0.15, -0.1) is 0 Å². The van der Waals surface area contributed by atoms with Gasteiger partial charge >= 0.3 is 0 Å². The van der Waals surface area contributed by atoms with E-state index in [-0.39, 0.29) is 11.8 Å². The highest BCUT2D eigenvalue weighted by molar-refractivity contribution is 6.34. The number of hydrogen-bond acceptors (Lipinski definition) is 2. The molecule has 0 heterocycles. The molecule has 0 radical (unpaired) electrons. The summed E-state index contributed by atoms with van der Waals surface area (Å²) >= 11 is 11.8. The monoisotopic (exact) mass is 327 g/mol. The standard InChI is InChI=1S/C16H16Cl2FNO/c1-2-13(20)6-10-4-3-5-15(19)16(10)21-14-8-11(17)7-12(18)9-14/h3-5,7-9,13H,2,6,20H2,1H3. The van der Waals surface area contributed by atoms with Crippen LogP contribution in [0.1, 0.15) is 18.9 Å². The maximum atomic E-state index is 14.1. The van der Waals surface area contributed by atoms with Crippen molar-refractivity contribution in [1.29, 1.82) is 0 Å². The van der Waals surface area contributed by atoms with Gasteiger partial charge in [-0.3, -0.25) is 0 Å². The number of hydrogen-bond donors (Lipinski definition) is 1. The quantitative estimate of drug-likeness (QED) is 0.818. The zero-order chi connectivity index (χ0) is 15.4. The van der Waals surface area contributed by atoms with Crippen molar-refractivity contribution in [1.82, 2.24) is 0 Å². The zero-order valence-electron chi connectivity index (χ0n) is 11.6. The van der Waals surface area contributed by atoms with Crippen LogP contribution in [0.25, 0.3) is 0 Å². The van der Waals surface area contributed by atoms with Crippen molar-refractivity contribution in [3.63, 3.8) is 0 Å². The van der Waals surface area contributed by atoms with Crippen molar-refractivity contribution in [2.75, 3.05) is 0 Å². The summed E-state index contributed by atoms with van der Waals surface area (Å²) in [5.74, 6) is 0.121. The summed E-state index contributed by atoms with van der Waals surface area (Å²) in [7, 11) is 0. The van der Waals surface area contributed by atoms with Crippen LogP contribution in [-0.4, -0.2) is 6.04 Å². The average molecular weight is 328 g/mol. The fourth-order valence-corrected chi connectivity index (χ4v) is 2.47. The van der Waals surface area contributed by atoms with Gasteiger partial charge in [0.25, 0.3) is 0 Å². The Morgan fingerprint density at radius 1 is 1.19 bits per heavy atom. The van der Waals surface area contributed by atoms with Crippen LogP contribution in [0.4, 0.5) is 4.39 Å². The van der Waals surface area contributed by atoms with Crippen molar-refractivity contribution < 1.29 is 9.13 Å². The predicted molar refractivity (Wildman–Crippen MR) is 84.9 cm³/mol. The molecule has 0 saturated carbocycles. The molecule has 1 atom stereocenters. The third-order valence-electron chi connectivity index (χ3n) is 3.11. The Kier molecular flexibility index (Phi) is 5.45. The second-order valence-corrected chi connectivity index (χ2v) is 5.68. The molecule has 112 valence electrons. The lowest BCUT2D eigenvalue weighted by atomic mass is 10.0. The Bertz CT molecular complexity index is 613. The van der Waals surface area contributed by atoms with Gasteiger partial charge in [0, 0.05) is 16.1 Å². The summed E-state index contributed by atoms with van der Waals surface area (Å²) in [6.45, 7) is 1.99. The van der Waals surface area contributed by atoms with Crippen molar-refractivity contribution in [3.05, 3.63) is 57.8 Å². The van der Waals surface area contributed by atoms with E-state index in [1.807, 2.05) is 6.92 Å². The van der Waals surface area contributed by atoms with Crippen LogP contribution < -0.4 is 10.5 Å². The van der Waals surface area contributed by atoms with Crippen molar-refractivity contribution in [2.45, 2.75) is 25.8 Å². The first-order valence-electron chi connectivity index (χ1n) is 6.66. The van der Waals surface area contributed by atoms with E-state index in [1.165, 1.54) is 6.07 Å². The highest BCUT2D eigenvalue weighted by atomic mass is 35.5. The minimum atomic E-state index is -0.438. The summed E-state index contributed by atoms with van der Waals surface area (Å²) in [6.07, 6.45) is 1.34. The minimum absolute atomic E-state index is 0.0444. The maximum Gasteiger partial charge on any atom is 0.166 e. The fourth-order valence-electron chi connectivity index (χ4n) is 1.96. The first-order chi connectivity index (χ1) is 9.99. The van der Waals surface area contributed by atoms with Crippen LogP contribution in [0.3, 0.4) is 0 Å². The molecule has 0 amide bonds. The van der Waals surface area contributed by atoms with Crippen LogP contribution in [-0.2, 0) is 6.42 Å². The van der Waals surface area contributed by atoms with Gasteiger partial charge in [0.15, 0.2) is 11.6 Å². The second kappa shape index (κ2) is 7.12. The summed E-state index contributed by atoms with van der Waals surface area (Å²) in [4.78, 5) is 0. The minimum Gasteiger partial charge on any atom is -0.454 e. The maximum absolute atomic E-state index is 14.1. The molecule has 21 heavy (non-hydrogen) atoms. The van der Waals surface area contributed by atoms with Gasteiger partial charge in [-0.2, -0.15) is 0 Å². The number of ether oxygens (including phenoxy) is 1. The Morgan fingerprint density at radius 3 is 2.48 bits per heavy atom. The molecule has 2 N–H and O–H groups in total. The molecule has 1 unspecified atom stereocenters. The molecule has 0 aliphatic carbocycles. The molecule has 0 aliphatic heterocycles. The van der Waals surface area contributed by atoms with E-state index >= 15 is 0 Å². The summed E-state index contributed by atoms with van der Waals surface area (Å²) < 4.78 is 19.7. The lowest BCUT2D eigenvalue weighted by Crippen LogP contribution is -2.21. The summed E-state index contributed by atoms with van der Waals surface area (Å²) in [5.41, 5.74) is 6.67. The van der Waals surface area contributed by atoms with Gasteiger partial charge in [-0.25, -0.2) is 4.39 Å². The predicted octanol–water partition coefficient (Wildman–Crippen LogP) is 5.20. The number of para-hydroxylation sites is 1. The molecule has 2 aromatic carbocycles. The van der Waals surface area contributed by atoms with Crippen LogP contribution in [0.5, 0.6) is 11.5 Å². The second-order valence-electron chi connectivity index (χ2n) is 4.81. The van der Waals surface area contributed by atoms with Crippen molar-refractivity contribution >= 4 is 23.2 Å². The lowest BCUT2D eigenvalue weighted by Gasteiger charge is -2.15. The Hall–Kier alpha value is -1.29. The van der Waals surface area contributed by atoms with Crippen LogP contribution in [0.2, 0.25) is 10.0 Å². The van der Waals surface area contributed by atoms with Crippen molar-refractivity contribution in [2.24, 2.45) is 5.73 Å². The van der Waals surface area contributed by atoms with E-state index in [4.69, 9.17) is 33.7 Å². The molecular weight excluding hydrogens is 312 g/mol. The van der Waals surface area contributed by atoms with Gasteiger partial charge in [0.05, 0.1) is 0 Å². The molecule has 2 nitrogen and oxygen atoms in total. The number of benzene rings is 2. The number of nitrogens with two attached hydrogens (primary N) is 1. The van der Waals surface area contributed by atoms with Gasteiger partial charge < -0.3 is 10.5 Å². The molecule has 0 bridgehead atoms. The molecular formula is C16H16Cl2FNO. The first-order valence-corrected chi connectivity index (χ1v) is 7.42. The van der Waals surface area contributed by atoms with Crippen LogP contribution in [0, 0.1) is 5.82 Å². The largest absolute Gasteiger partial charge is 0.454 e. The zero-order valence-corrected chi connectivity index (χ0v) is 13.1. The van der Waals surface area contributed by atoms with Gasteiger partial charge in [0.1, 0.15) is 5.75 Å². The number of rotatable bonds is 5. The smallest absolute Gasteiger partial charge is 0.166 e. The molecule has 2 aromatic rings. The molecule has 0 aliphatic rings. The molecule has 0 saturated heterocycles. The van der Waals surface area contributed by atoms with Crippen LogP contribution in [0.15, 0.2) is 36.4 Å². The summed E-state index contributed by atoms with van der Waals surface area (Å²) in [5, 5.41) is 0.862. The Balaban J connectivity index is 2.34. The van der Waals surface area contributed by atoms with E-state index in [1.54, 1.807) is 30.3 Å². The van der Waals surface area contributed by atoms with Crippen molar-refractivity contribution in [3.8, 4) is 11.5 Å². The van der Waals surface area contributed by atoms with E-state index in [0.717, 1.165) is 12.0 Å². The number of halogens is 3. The molecule has 0 fully saturated rings. The highest BCUT2D eigenvalue weighted by Crippen LogP contribution is 2.32. The fraction of sp³-hybridized carbons (Fsp3) is 0.250. The lowest BCUT2D eigenvalue weighted by molar-refractivity contribution is 0.433. The van der Waals surface area contributed by atoms with E-state index in [9.17, 15) is 4.39 Å². The van der Waals surface area contributed by atoms with E-state index in [2.05, 4.69) is 0 Å². The van der Waals surface area contributed by atoms with Crippen LogP contribution >= 0.6 is 23.2 Å². The first kappa shape index (κ1) is 16.1. The molecule has 5 heteroatoms. The van der Waals surface area contributed by atoms with Gasteiger partial charge in [-0.1, -0.05) is 42.3 Å². The Labute approximate surface area is 133 Å². The molecule has 0 aromatic heterocycles. The van der Waals surface area contributed by atoms with Gasteiger partial charge in [-0.05, 0) is 42.7 Å². The topological polar surface area (TPSA) is 35.2 Å². The Morgan fingerprint density at radius 2 is 1.86 bits per heavy atom. The third-order valence-corrected chi connectivity index (χ3v) is 3.55. The third kappa shape index (κ3) is 4.34. The summed E-state index contributed by atoms with van der Waals surface area (Å²) in [6, 6.07) is 9.52. The van der Waals surface area contributed by atoms with E-state index in [0.29, 0.717) is 22.2 Å². The molecule has 0 spiro atoms. The van der Waals surface area contributed by atoms with E-state index < -0.39 is 5.82 Å². The normalized spacial score (nSPS) is 12.2. The highest BCUT2D eigenvalue weighted by Gasteiger charge is 2.14. The SMILES string of the molecule is CCC(N)Cc1cccc(F)c1Oc1cc(Cl)cc(Cl)c1.